The van der Waals surface area contributed by atoms with Gasteiger partial charge in [0.2, 0.25) is 0 Å². The molecule has 0 heterocycles. The van der Waals surface area contributed by atoms with Gasteiger partial charge in [0.1, 0.15) is 0 Å². The molecule has 0 saturated heterocycles. The number of hydrogen-bond donors (Lipinski definition) is 1. The second-order valence-corrected chi connectivity index (χ2v) is 7.03. The molecule has 1 aliphatic carbocycles. The minimum Gasteiger partial charge on any atom is -0.493 e. The largest absolute Gasteiger partial charge is 0.493 e. The van der Waals surface area contributed by atoms with E-state index in [1.165, 1.54) is 24.8 Å². The van der Waals surface area contributed by atoms with Crippen LogP contribution < -0.4 is 14.8 Å². The molecule has 0 spiro atoms. The van der Waals surface area contributed by atoms with Gasteiger partial charge < -0.3 is 19.7 Å². The lowest BCUT2D eigenvalue weighted by Gasteiger charge is -2.31. The van der Waals surface area contributed by atoms with E-state index < -0.39 is 0 Å². The lowest BCUT2D eigenvalue weighted by Crippen LogP contribution is -2.47. The maximum atomic E-state index is 12.4. The topological polar surface area (TPSA) is 50.8 Å². The Morgan fingerprint density at radius 1 is 1.20 bits per heavy atom. The van der Waals surface area contributed by atoms with Crippen molar-refractivity contribution in [1.29, 1.82) is 0 Å². The average molecular weight is 348 g/mol. The zero-order valence-corrected chi connectivity index (χ0v) is 16.0. The molecule has 0 aromatic heterocycles. The fraction of sp³-hybridized carbons (Fsp3) is 0.650. The lowest BCUT2D eigenvalue weighted by molar-refractivity contribution is 0.191. The molecule has 2 rings (SSSR count). The van der Waals surface area contributed by atoms with E-state index in [0.29, 0.717) is 12.0 Å². The Hall–Kier alpha value is -1.91. The number of rotatable bonds is 7. The van der Waals surface area contributed by atoms with Gasteiger partial charge in [-0.05, 0) is 49.3 Å². The molecule has 1 N–H and O–H groups in total. The molecule has 1 aliphatic rings. The first kappa shape index (κ1) is 19.4. The van der Waals surface area contributed by atoms with Crippen LogP contribution in [-0.4, -0.2) is 44.8 Å². The lowest BCUT2D eigenvalue weighted by atomic mass is 9.86. The molecule has 2 unspecified atom stereocenters. The molecule has 1 aromatic carbocycles. The fourth-order valence-electron chi connectivity index (χ4n) is 3.46. The number of benzene rings is 1. The number of nitrogens with zero attached hydrogens (tertiary/aromatic N) is 1. The third-order valence-electron chi connectivity index (χ3n) is 5.17. The average Bonchev–Trinajstić information content (AvgIpc) is 2.63. The molecule has 2 amide bonds. The number of carbonyl (C=O) groups is 1. The van der Waals surface area contributed by atoms with E-state index in [9.17, 15) is 4.79 Å². The van der Waals surface area contributed by atoms with E-state index in [0.717, 1.165) is 37.3 Å². The van der Waals surface area contributed by atoms with Gasteiger partial charge in [0.15, 0.2) is 11.5 Å². The van der Waals surface area contributed by atoms with Crippen molar-refractivity contribution in [3.63, 3.8) is 0 Å². The molecule has 2 atom stereocenters. The van der Waals surface area contributed by atoms with Crippen molar-refractivity contribution in [2.24, 2.45) is 5.92 Å². The third-order valence-corrected chi connectivity index (χ3v) is 5.17. The quantitative estimate of drug-likeness (QED) is 0.814. The Labute approximate surface area is 151 Å². The first-order chi connectivity index (χ1) is 12.0. The fourth-order valence-corrected chi connectivity index (χ4v) is 3.46. The molecule has 0 radical (unpaired) electrons. The Bertz CT molecular complexity index is 562. The summed E-state index contributed by atoms with van der Waals surface area (Å²) >= 11 is 0. The summed E-state index contributed by atoms with van der Waals surface area (Å²) in [4.78, 5) is 14.2. The Balaban J connectivity index is 1.77. The molecule has 1 fully saturated rings. The predicted molar refractivity (Wildman–Crippen MR) is 100 cm³/mol. The number of hydrogen-bond acceptors (Lipinski definition) is 3. The van der Waals surface area contributed by atoms with Crippen LogP contribution in [0.2, 0.25) is 0 Å². The van der Waals surface area contributed by atoms with Crippen molar-refractivity contribution in [2.45, 2.75) is 51.5 Å². The Morgan fingerprint density at radius 2 is 1.92 bits per heavy atom. The highest BCUT2D eigenvalue weighted by Crippen LogP contribution is 2.28. The summed E-state index contributed by atoms with van der Waals surface area (Å²) in [6.45, 7) is 2.97. The first-order valence-electron chi connectivity index (χ1n) is 9.27. The Morgan fingerprint density at radius 3 is 2.60 bits per heavy atom. The molecule has 0 aliphatic heterocycles. The number of urea groups is 1. The van der Waals surface area contributed by atoms with E-state index in [1.807, 2.05) is 25.2 Å². The second-order valence-electron chi connectivity index (χ2n) is 7.03. The number of methoxy groups -OCH3 is 2. The standard InChI is InChI=1S/C20H32N2O3/c1-15-8-5-6-10-17(15)21-20(23)22(2)13-7-9-16-11-12-18(24-3)19(14-16)25-4/h11-12,14-15,17H,5-10,13H2,1-4H3,(H,21,23). The van der Waals surface area contributed by atoms with E-state index in [-0.39, 0.29) is 6.03 Å². The molecule has 0 bridgehead atoms. The van der Waals surface area contributed by atoms with Gasteiger partial charge in [-0.15, -0.1) is 0 Å². The van der Waals surface area contributed by atoms with E-state index in [2.05, 4.69) is 12.2 Å². The van der Waals surface area contributed by atoms with E-state index in [4.69, 9.17) is 9.47 Å². The van der Waals surface area contributed by atoms with Gasteiger partial charge in [0.05, 0.1) is 14.2 Å². The van der Waals surface area contributed by atoms with Crippen LogP contribution in [0.25, 0.3) is 0 Å². The van der Waals surface area contributed by atoms with Crippen LogP contribution >= 0.6 is 0 Å². The van der Waals surface area contributed by atoms with Crippen molar-refractivity contribution in [2.75, 3.05) is 27.8 Å². The SMILES string of the molecule is COc1ccc(CCCN(C)C(=O)NC2CCCCC2C)cc1OC. The van der Waals surface area contributed by atoms with Crippen LogP contribution in [0.1, 0.15) is 44.6 Å². The molecule has 140 valence electrons. The van der Waals surface area contributed by atoms with Gasteiger partial charge in [-0.25, -0.2) is 4.79 Å². The summed E-state index contributed by atoms with van der Waals surface area (Å²) in [5, 5.41) is 3.20. The van der Waals surface area contributed by atoms with Crippen molar-refractivity contribution in [3.8, 4) is 11.5 Å². The minimum atomic E-state index is 0.0473. The molecule has 1 aromatic rings. The normalized spacial score (nSPS) is 20.0. The van der Waals surface area contributed by atoms with Gasteiger partial charge in [0.25, 0.3) is 0 Å². The van der Waals surface area contributed by atoms with Crippen LogP contribution in [0.3, 0.4) is 0 Å². The maximum Gasteiger partial charge on any atom is 0.317 e. The van der Waals surface area contributed by atoms with Crippen LogP contribution in [0.15, 0.2) is 18.2 Å². The molecule has 5 nitrogen and oxygen atoms in total. The number of carbonyl (C=O) groups excluding carboxylic acids is 1. The predicted octanol–water partition coefficient (Wildman–Crippen LogP) is 3.86. The monoisotopic (exact) mass is 348 g/mol. The van der Waals surface area contributed by atoms with Gasteiger partial charge in [-0.2, -0.15) is 0 Å². The molecular weight excluding hydrogens is 316 g/mol. The smallest absolute Gasteiger partial charge is 0.317 e. The van der Waals surface area contributed by atoms with Crippen molar-refractivity contribution < 1.29 is 14.3 Å². The van der Waals surface area contributed by atoms with Crippen LogP contribution in [0.4, 0.5) is 4.79 Å². The molecule has 25 heavy (non-hydrogen) atoms. The zero-order chi connectivity index (χ0) is 18.2. The minimum absolute atomic E-state index is 0.0473. The summed E-state index contributed by atoms with van der Waals surface area (Å²) < 4.78 is 10.6. The number of ether oxygens (including phenoxy) is 2. The summed E-state index contributed by atoms with van der Waals surface area (Å²) in [6, 6.07) is 6.35. The first-order valence-corrected chi connectivity index (χ1v) is 9.27. The number of amides is 2. The molecule has 1 saturated carbocycles. The van der Waals surface area contributed by atoms with Gasteiger partial charge in [-0.3, -0.25) is 0 Å². The summed E-state index contributed by atoms with van der Waals surface area (Å²) in [5.74, 6) is 2.07. The molecule has 5 heteroatoms. The van der Waals surface area contributed by atoms with Gasteiger partial charge in [-0.1, -0.05) is 25.8 Å². The van der Waals surface area contributed by atoms with Crippen LogP contribution in [0, 0.1) is 5.92 Å². The summed E-state index contributed by atoms with van der Waals surface area (Å²) in [6.07, 6.45) is 6.64. The Kier molecular flexibility index (Phi) is 7.41. The van der Waals surface area contributed by atoms with Crippen molar-refractivity contribution >= 4 is 6.03 Å². The third kappa shape index (κ3) is 5.55. The summed E-state index contributed by atoms with van der Waals surface area (Å²) in [5.41, 5.74) is 1.19. The number of nitrogens with one attached hydrogen (secondary N) is 1. The maximum absolute atomic E-state index is 12.4. The van der Waals surface area contributed by atoms with Crippen LogP contribution in [-0.2, 0) is 6.42 Å². The highest BCUT2D eigenvalue weighted by atomic mass is 16.5. The van der Waals surface area contributed by atoms with Crippen LogP contribution in [0.5, 0.6) is 11.5 Å². The second kappa shape index (κ2) is 9.54. The van der Waals surface area contributed by atoms with Crippen molar-refractivity contribution in [1.82, 2.24) is 10.2 Å². The van der Waals surface area contributed by atoms with E-state index in [1.54, 1.807) is 19.1 Å². The zero-order valence-electron chi connectivity index (χ0n) is 16.0. The van der Waals surface area contributed by atoms with Gasteiger partial charge >= 0.3 is 6.03 Å². The summed E-state index contributed by atoms with van der Waals surface area (Å²) in [7, 11) is 5.15. The van der Waals surface area contributed by atoms with Crippen molar-refractivity contribution in [3.05, 3.63) is 23.8 Å². The number of aryl methyl sites for hydroxylation is 1. The highest BCUT2D eigenvalue weighted by Gasteiger charge is 2.23. The highest BCUT2D eigenvalue weighted by molar-refractivity contribution is 5.74. The van der Waals surface area contributed by atoms with E-state index >= 15 is 0 Å². The van der Waals surface area contributed by atoms with Gasteiger partial charge in [0, 0.05) is 19.6 Å². The molecular formula is C20H32N2O3.